The summed E-state index contributed by atoms with van der Waals surface area (Å²) in [5.74, 6) is 3.48. The van der Waals surface area contributed by atoms with Crippen LogP contribution in [0.15, 0.2) is 48.8 Å². The zero-order valence-corrected chi connectivity index (χ0v) is 15.1. The van der Waals surface area contributed by atoms with Crippen LogP contribution in [0.3, 0.4) is 0 Å². The minimum Gasteiger partial charge on any atom is -0.353 e. The summed E-state index contributed by atoms with van der Waals surface area (Å²) >= 11 is 0. The van der Waals surface area contributed by atoms with E-state index in [1.54, 1.807) is 0 Å². The Morgan fingerprint density at radius 3 is 2.44 bits per heavy atom. The number of anilines is 2. The second kappa shape index (κ2) is 6.39. The number of nitrogens with zero attached hydrogens (tertiary/aromatic N) is 7. The topological polar surface area (TPSA) is 78.8 Å². The van der Waals surface area contributed by atoms with Crippen LogP contribution in [0.2, 0.25) is 0 Å². The molecule has 1 aromatic carbocycles. The standard InChI is InChI=1S/C19H20N8/c1-14-21-19(24-23-14)26-11-9-25(10-12-26)17-7-4-8-18(22-17)27-13-20-15-5-2-3-6-16(15)27/h2-8,13H,9-12H2,1H3,(H,21,23,24). The van der Waals surface area contributed by atoms with Crippen LogP contribution in [-0.2, 0) is 0 Å². The molecule has 3 aromatic heterocycles. The number of hydrogen-bond donors (Lipinski definition) is 1. The maximum Gasteiger partial charge on any atom is 0.244 e. The van der Waals surface area contributed by atoms with E-state index in [-0.39, 0.29) is 0 Å². The maximum absolute atomic E-state index is 4.88. The third kappa shape index (κ3) is 2.88. The smallest absolute Gasteiger partial charge is 0.244 e. The van der Waals surface area contributed by atoms with Gasteiger partial charge in [0.15, 0.2) is 0 Å². The monoisotopic (exact) mass is 360 g/mol. The first kappa shape index (κ1) is 15.8. The molecule has 1 aliphatic heterocycles. The molecule has 8 nitrogen and oxygen atoms in total. The lowest BCUT2D eigenvalue weighted by Gasteiger charge is -2.34. The van der Waals surface area contributed by atoms with Crippen molar-refractivity contribution in [3.8, 4) is 5.82 Å². The van der Waals surface area contributed by atoms with E-state index >= 15 is 0 Å². The minimum absolute atomic E-state index is 0.777. The molecule has 5 rings (SSSR count). The van der Waals surface area contributed by atoms with Gasteiger partial charge in [0.25, 0.3) is 0 Å². The lowest BCUT2D eigenvalue weighted by molar-refractivity contribution is 0.635. The van der Waals surface area contributed by atoms with Gasteiger partial charge in [0.05, 0.1) is 11.0 Å². The largest absolute Gasteiger partial charge is 0.353 e. The highest BCUT2D eigenvalue weighted by molar-refractivity contribution is 5.76. The average Bonchev–Trinajstić information content (AvgIpc) is 3.35. The number of hydrogen-bond acceptors (Lipinski definition) is 6. The van der Waals surface area contributed by atoms with Gasteiger partial charge in [0.1, 0.15) is 23.8 Å². The van der Waals surface area contributed by atoms with Crippen molar-refractivity contribution >= 4 is 22.8 Å². The number of H-pyrrole nitrogens is 1. The fourth-order valence-electron chi connectivity index (χ4n) is 3.47. The Kier molecular flexibility index (Phi) is 3.74. The zero-order chi connectivity index (χ0) is 18.2. The summed E-state index contributed by atoms with van der Waals surface area (Å²) in [6.45, 7) is 5.43. The van der Waals surface area contributed by atoms with Crippen LogP contribution in [0, 0.1) is 6.92 Å². The Labute approximate surface area is 156 Å². The van der Waals surface area contributed by atoms with E-state index in [9.17, 15) is 0 Å². The predicted octanol–water partition coefficient (Wildman–Crippen LogP) is 2.17. The van der Waals surface area contributed by atoms with Crippen LogP contribution in [0.5, 0.6) is 0 Å². The molecule has 0 atom stereocenters. The minimum atomic E-state index is 0.777. The summed E-state index contributed by atoms with van der Waals surface area (Å²) in [6, 6.07) is 14.2. The number of imidazole rings is 1. The third-order valence-electron chi connectivity index (χ3n) is 4.89. The molecular formula is C19H20N8. The zero-order valence-electron chi connectivity index (χ0n) is 15.1. The number of fused-ring (bicyclic) bond motifs is 1. The number of aromatic amines is 1. The molecule has 136 valence electrons. The molecule has 4 heterocycles. The number of para-hydroxylation sites is 2. The number of aryl methyl sites for hydroxylation is 1. The molecule has 4 aromatic rings. The van der Waals surface area contributed by atoms with Crippen LogP contribution >= 0.6 is 0 Å². The lowest BCUT2D eigenvalue weighted by Crippen LogP contribution is -2.47. The van der Waals surface area contributed by atoms with Gasteiger partial charge in [-0.2, -0.15) is 4.98 Å². The van der Waals surface area contributed by atoms with Crippen molar-refractivity contribution in [3.63, 3.8) is 0 Å². The second-order valence-electron chi connectivity index (χ2n) is 6.65. The van der Waals surface area contributed by atoms with Crippen molar-refractivity contribution in [2.24, 2.45) is 0 Å². The van der Waals surface area contributed by atoms with Gasteiger partial charge in [-0.1, -0.05) is 18.2 Å². The number of piperazine rings is 1. The first-order chi connectivity index (χ1) is 13.3. The fourth-order valence-corrected chi connectivity index (χ4v) is 3.47. The molecule has 0 saturated carbocycles. The van der Waals surface area contributed by atoms with Gasteiger partial charge in [-0.25, -0.2) is 9.97 Å². The van der Waals surface area contributed by atoms with Gasteiger partial charge >= 0.3 is 0 Å². The molecule has 27 heavy (non-hydrogen) atoms. The average molecular weight is 360 g/mol. The normalized spacial score (nSPS) is 14.9. The van der Waals surface area contributed by atoms with Crippen molar-refractivity contribution in [1.29, 1.82) is 0 Å². The Hall–Kier alpha value is -3.42. The van der Waals surface area contributed by atoms with Crippen LogP contribution in [0.4, 0.5) is 11.8 Å². The lowest BCUT2D eigenvalue weighted by atomic mass is 10.3. The SMILES string of the molecule is Cc1nc(N2CCN(c3cccc(-n4cnc5ccccc54)n3)CC2)n[nH]1. The highest BCUT2D eigenvalue weighted by Gasteiger charge is 2.21. The number of pyridine rings is 1. The number of rotatable bonds is 3. The van der Waals surface area contributed by atoms with E-state index in [4.69, 9.17) is 4.98 Å². The molecule has 0 radical (unpaired) electrons. The molecular weight excluding hydrogens is 340 g/mol. The molecule has 1 fully saturated rings. The first-order valence-electron chi connectivity index (χ1n) is 9.06. The van der Waals surface area contributed by atoms with E-state index < -0.39 is 0 Å². The van der Waals surface area contributed by atoms with Crippen LogP contribution in [0.1, 0.15) is 5.82 Å². The maximum atomic E-state index is 4.88. The highest BCUT2D eigenvalue weighted by atomic mass is 15.4. The van der Waals surface area contributed by atoms with Crippen molar-refractivity contribution in [2.75, 3.05) is 36.0 Å². The highest BCUT2D eigenvalue weighted by Crippen LogP contribution is 2.21. The Balaban J connectivity index is 1.37. The molecule has 0 aliphatic carbocycles. The Morgan fingerprint density at radius 2 is 1.63 bits per heavy atom. The Morgan fingerprint density at radius 1 is 0.852 bits per heavy atom. The molecule has 0 unspecified atom stereocenters. The van der Waals surface area contributed by atoms with E-state index in [1.165, 1.54) is 0 Å². The molecule has 1 N–H and O–H groups in total. The molecule has 0 amide bonds. The van der Waals surface area contributed by atoms with Gasteiger partial charge in [-0.15, -0.1) is 5.10 Å². The molecule has 0 spiro atoms. The predicted molar refractivity (Wildman–Crippen MR) is 104 cm³/mol. The van der Waals surface area contributed by atoms with E-state index in [0.29, 0.717) is 0 Å². The number of benzene rings is 1. The first-order valence-corrected chi connectivity index (χ1v) is 9.06. The van der Waals surface area contributed by atoms with Crippen molar-refractivity contribution in [1.82, 2.24) is 29.7 Å². The summed E-state index contributed by atoms with van der Waals surface area (Å²) in [4.78, 5) is 18.3. The van der Waals surface area contributed by atoms with Gasteiger partial charge in [-0.3, -0.25) is 9.67 Å². The van der Waals surface area contributed by atoms with Gasteiger partial charge < -0.3 is 9.80 Å². The van der Waals surface area contributed by atoms with Crippen molar-refractivity contribution in [3.05, 3.63) is 54.6 Å². The van der Waals surface area contributed by atoms with Gasteiger partial charge in [-0.05, 0) is 31.2 Å². The van der Waals surface area contributed by atoms with Crippen molar-refractivity contribution < 1.29 is 0 Å². The van der Waals surface area contributed by atoms with Crippen LogP contribution in [0.25, 0.3) is 16.9 Å². The summed E-state index contributed by atoms with van der Waals surface area (Å²) in [5.41, 5.74) is 2.03. The number of nitrogens with one attached hydrogen (secondary N) is 1. The molecule has 0 bridgehead atoms. The quantitative estimate of drug-likeness (QED) is 0.603. The summed E-state index contributed by atoms with van der Waals surface area (Å²) in [7, 11) is 0. The van der Waals surface area contributed by atoms with E-state index in [0.717, 1.165) is 60.6 Å². The van der Waals surface area contributed by atoms with Gasteiger partial charge in [0, 0.05) is 26.2 Å². The molecule has 8 heteroatoms. The van der Waals surface area contributed by atoms with E-state index in [2.05, 4.69) is 48.2 Å². The second-order valence-corrected chi connectivity index (χ2v) is 6.65. The van der Waals surface area contributed by atoms with Crippen LogP contribution in [-0.4, -0.2) is 55.9 Å². The van der Waals surface area contributed by atoms with Crippen LogP contribution < -0.4 is 9.80 Å². The summed E-state index contributed by atoms with van der Waals surface area (Å²) < 4.78 is 2.03. The summed E-state index contributed by atoms with van der Waals surface area (Å²) in [6.07, 6.45) is 1.83. The summed E-state index contributed by atoms with van der Waals surface area (Å²) in [5, 5.41) is 7.17. The van der Waals surface area contributed by atoms with Crippen molar-refractivity contribution in [2.45, 2.75) is 6.92 Å². The molecule has 1 saturated heterocycles. The fraction of sp³-hybridized carbons (Fsp3) is 0.263. The Bertz CT molecular complexity index is 1070. The number of aromatic nitrogens is 6. The third-order valence-corrected chi connectivity index (χ3v) is 4.89. The molecule has 1 aliphatic rings. The van der Waals surface area contributed by atoms with Gasteiger partial charge in [0.2, 0.25) is 5.95 Å². The van der Waals surface area contributed by atoms with E-state index in [1.807, 2.05) is 42.1 Å².